The molecule has 0 fully saturated rings. The molecule has 0 N–H and O–H groups in total. The van der Waals surface area contributed by atoms with Gasteiger partial charge in [0.15, 0.2) is 6.04 Å². The van der Waals surface area contributed by atoms with Gasteiger partial charge in [-0.15, -0.1) is 0 Å². The number of aliphatic imine (C=N–C) groups is 1. The largest absolute Gasteiger partial charge is 0.496 e. The molecule has 0 aliphatic carbocycles. The molecule has 4 nitrogen and oxygen atoms in total. The SMILES string of the molecule is COc1ccccc1C(C#N)N=C=O. The maximum absolute atomic E-state index is 10.1. The molecule has 0 aromatic heterocycles. The van der Waals surface area contributed by atoms with Crippen LogP contribution in [0.15, 0.2) is 29.3 Å². The summed E-state index contributed by atoms with van der Waals surface area (Å²) in [6.45, 7) is 0. The summed E-state index contributed by atoms with van der Waals surface area (Å²) in [4.78, 5) is 13.4. The average molecular weight is 188 g/mol. The van der Waals surface area contributed by atoms with Crippen molar-refractivity contribution in [2.24, 2.45) is 4.99 Å². The first-order chi connectivity index (χ1) is 6.83. The van der Waals surface area contributed by atoms with Crippen LogP contribution >= 0.6 is 0 Å². The molecule has 0 spiro atoms. The van der Waals surface area contributed by atoms with Crippen molar-refractivity contribution in [1.82, 2.24) is 0 Å². The average Bonchev–Trinajstić information content (AvgIpc) is 2.26. The minimum absolute atomic E-state index is 0.540. The molecule has 70 valence electrons. The number of nitriles is 1. The van der Waals surface area contributed by atoms with E-state index < -0.39 is 6.04 Å². The van der Waals surface area contributed by atoms with E-state index in [4.69, 9.17) is 10.00 Å². The summed E-state index contributed by atoms with van der Waals surface area (Å²) in [7, 11) is 1.50. The molecule has 0 aliphatic heterocycles. The van der Waals surface area contributed by atoms with Crippen molar-refractivity contribution >= 4 is 6.08 Å². The first-order valence-electron chi connectivity index (χ1n) is 3.93. The molecule has 0 amide bonds. The molecule has 0 saturated heterocycles. The lowest BCUT2D eigenvalue weighted by Gasteiger charge is -2.07. The number of hydrogen-bond donors (Lipinski definition) is 0. The Morgan fingerprint density at radius 2 is 2.21 bits per heavy atom. The number of para-hydroxylation sites is 1. The number of carbonyl (C=O) groups excluding carboxylic acids is 1. The van der Waals surface area contributed by atoms with Gasteiger partial charge in [0.1, 0.15) is 5.75 Å². The lowest BCUT2D eigenvalue weighted by molar-refractivity contribution is 0.408. The summed E-state index contributed by atoms with van der Waals surface area (Å²) >= 11 is 0. The van der Waals surface area contributed by atoms with Crippen molar-refractivity contribution in [3.63, 3.8) is 0 Å². The van der Waals surface area contributed by atoms with Crippen LogP contribution in [0.5, 0.6) is 5.75 Å². The second-order valence-electron chi connectivity index (χ2n) is 2.49. The maximum Gasteiger partial charge on any atom is 0.236 e. The Labute approximate surface area is 81.5 Å². The zero-order valence-corrected chi connectivity index (χ0v) is 7.60. The van der Waals surface area contributed by atoms with E-state index in [1.165, 1.54) is 13.2 Å². The molecule has 1 atom stereocenters. The third kappa shape index (κ3) is 1.98. The Morgan fingerprint density at radius 3 is 2.79 bits per heavy atom. The van der Waals surface area contributed by atoms with Gasteiger partial charge in [0.25, 0.3) is 0 Å². The molecule has 1 rings (SSSR count). The fraction of sp³-hybridized carbons (Fsp3) is 0.200. The van der Waals surface area contributed by atoms with Gasteiger partial charge in [0, 0.05) is 5.56 Å². The fourth-order valence-corrected chi connectivity index (χ4v) is 1.11. The molecule has 0 heterocycles. The number of hydrogen-bond acceptors (Lipinski definition) is 4. The minimum atomic E-state index is -0.844. The molecule has 0 bridgehead atoms. The second-order valence-corrected chi connectivity index (χ2v) is 2.49. The zero-order valence-electron chi connectivity index (χ0n) is 7.60. The molecular formula is C10H8N2O2. The summed E-state index contributed by atoms with van der Waals surface area (Å²) in [6, 6.07) is 7.97. The van der Waals surface area contributed by atoms with Crippen molar-refractivity contribution in [2.75, 3.05) is 7.11 Å². The normalized spacial score (nSPS) is 10.9. The highest BCUT2D eigenvalue weighted by atomic mass is 16.5. The van der Waals surface area contributed by atoms with E-state index in [0.717, 1.165) is 0 Å². The van der Waals surface area contributed by atoms with Gasteiger partial charge >= 0.3 is 0 Å². The van der Waals surface area contributed by atoms with Crippen molar-refractivity contribution in [3.8, 4) is 11.8 Å². The van der Waals surface area contributed by atoms with Crippen LogP contribution in [0.2, 0.25) is 0 Å². The van der Waals surface area contributed by atoms with Gasteiger partial charge < -0.3 is 4.74 Å². The fourth-order valence-electron chi connectivity index (χ4n) is 1.11. The second kappa shape index (κ2) is 4.80. The van der Waals surface area contributed by atoms with Crippen LogP contribution in [0.25, 0.3) is 0 Å². The minimum Gasteiger partial charge on any atom is -0.496 e. The number of methoxy groups -OCH3 is 1. The lowest BCUT2D eigenvalue weighted by atomic mass is 10.1. The van der Waals surface area contributed by atoms with Gasteiger partial charge in [-0.05, 0) is 6.07 Å². The molecule has 0 aliphatic rings. The van der Waals surface area contributed by atoms with E-state index in [-0.39, 0.29) is 0 Å². The predicted octanol–water partition coefficient (Wildman–Crippen LogP) is 1.60. The molecule has 1 unspecified atom stereocenters. The molecule has 1 aromatic rings. The third-order valence-electron chi connectivity index (χ3n) is 1.74. The highest BCUT2D eigenvalue weighted by Gasteiger charge is 2.13. The summed E-state index contributed by atoms with van der Waals surface area (Å²) in [6.07, 6.45) is 1.37. The van der Waals surface area contributed by atoms with Gasteiger partial charge in [-0.2, -0.15) is 10.3 Å². The number of rotatable bonds is 3. The van der Waals surface area contributed by atoms with E-state index in [9.17, 15) is 4.79 Å². The van der Waals surface area contributed by atoms with Crippen molar-refractivity contribution < 1.29 is 9.53 Å². The number of ether oxygens (including phenoxy) is 1. The summed E-state index contributed by atoms with van der Waals surface area (Å²) in [5.74, 6) is 0.540. The Kier molecular flexibility index (Phi) is 3.42. The van der Waals surface area contributed by atoms with E-state index in [0.29, 0.717) is 11.3 Å². The van der Waals surface area contributed by atoms with Crippen LogP contribution in [0, 0.1) is 11.3 Å². The lowest BCUT2D eigenvalue weighted by Crippen LogP contribution is -1.96. The quantitative estimate of drug-likeness (QED) is 0.534. The Hall–Kier alpha value is -2.11. The van der Waals surface area contributed by atoms with E-state index in [1.807, 2.05) is 6.07 Å². The summed E-state index contributed by atoms with van der Waals surface area (Å²) in [5, 5.41) is 8.75. The van der Waals surface area contributed by atoms with Crippen LogP contribution < -0.4 is 4.74 Å². The van der Waals surface area contributed by atoms with E-state index in [2.05, 4.69) is 4.99 Å². The molecular weight excluding hydrogens is 180 g/mol. The van der Waals surface area contributed by atoms with Gasteiger partial charge in [-0.25, -0.2) is 4.79 Å². The number of benzene rings is 1. The van der Waals surface area contributed by atoms with E-state index in [1.54, 1.807) is 24.3 Å². The molecule has 14 heavy (non-hydrogen) atoms. The molecule has 0 saturated carbocycles. The van der Waals surface area contributed by atoms with Crippen LogP contribution in [-0.2, 0) is 4.79 Å². The first-order valence-corrected chi connectivity index (χ1v) is 3.93. The highest BCUT2D eigenvalue weighted by Crippen LogP contribution is 2.26. The molecule has 4 heteroatoms. The Bertz CT molecular complexity index is 403. The van der Waals surface area contributed by atoms with Crippen LogP contribution in [0.4, 0.5) is 0 Å². The first kappa shape index (κ1) is 9.97. The number of isocyanates is 1. The monoisotopic (exact) mass is 188 g/mol. The van der Waals surface area contributed by atoms with Crippen molar-refractivity contribution in [3.05, 3.63) is 29.8 Å². The molecule has 0 radical (unpaired) electrons. The number of nitrogens with zero attached hydrogens (tertiary/aromatic N) is 2. The Morgan fingerprint density at radius 1 is 1.50 bits per heavy atom. The smallest absolute Gasteiger partial charge is 0.236 e. The van der Waals surface area contributed by atoms with Crippen LogP contribution in [-0.4, -0.2) is 13.2 Å². The van der Waals surface area contributed by atoms with Gasteiger partial charge in [-0.1, -0.05) is 18.2 Å². The van der Waals surface area contributed by atoms with Gasteiger partial charge in [-0.3, -0.25) is 0 Å². The standard InChI is InChI=1S/C10H8N2O2/c1-14-10-5-3-2-4-8(10)9(6-11)12-7-13/h2-5,9H,1H3. The van der Waals surface area contributed by atoms with Crippen molar-refractivity contribution in [2.45, 2.75) is 6.04 Å². The maximum atomic E-state index is 10.1. The Balaban J connectivity index is 3.16. The summed E-state index contributed by atoms with van der Waals surface area (Å²) < 4.78 is 5.03. The van der Waals surface area contributed by atoms with Crippen LogP contribution in [0.3, 0.4) is 0 Å². The summed E-state index contributed by atoms with van der Waals surface area (Å²) in [5.41, 5.74) is 0.570. The van der Waals surface area contributed by atoms with E-state index >= 15 is 0 Å². The van der Waals surface area contributed by atoms with Gasteiger partial charge in [0.2, 0.25) is 6.08 Å². The van der Waals surface area contributed by atoms with Gasteiger partial charge in [0.05, 0.1) is 13.2 Å². The highest BCUT2D eigenvalue weighted by molar-refractivity contribution is 5.43. The van der Waals surface area contributed by atoms with Crippen molar-refractivity contribution in [1.29, 1.82) is 5.26 Å². The zero-order chi connectivity index (χ0) is 10.4. The molecule has 1 aromatic carbocycles. The third-order valence-corrected chi connectivity index (χ3v) is 1.74. The predicted molar refractivity (Wildman–Crippen MR) is 49.5 cm³/mol. The van der Waals surface area contributed by atoms with Crippen LogP contribution in [0.1, 0.15) is 11.6 Å². The topological polar surface area (TPSA) is 62.4 Å².